The van der Waals surface area contributed by atoms with E-state index in [0.717, 1.165) is 12.2 Å². The predicted molar refractivity (Wildman–Crippen MR) is 112 cm³/mol. The van der Waals surface area contributed by atoms with E-state index in [4.69, 9.17) is 0 Å². The quantitative estimate of drug-likeness (QED) is 0.668. The Labute approximate surface area is 164 Å². The van der Waals surface area contributed by atoms with Crippen LogP contribution in [0.4, 0.5) is 22.9 Å². The molecule has 0 fully saturated rings. The first-order valence-electron chi connectivity index (χ1n) is 9.04. The molecule has 2 aromatic carbocycles. The third-order valence-electron chi connectivity index (χ3n) is 4.13. The number of amides is 2. The van der Waals surface area contributed by atoms with Crippen molar-refractivity contribution in [2.75, 3.05) is 22.1 Å². The van der Waals surface area contributed by atoms with Crippen LogP contribution in [0.15, 0.2) is 72.9 Å². The van der Waals surface area contributed by atoms with Crippen LogP contribution in [0.5, 0.6) is 0 Å². The first-order chi connectivity index (χ1) is 13.6. The molecule has 6 heteroatoms. The lowest BCUT2D eigenvalue weighted by Crippen LogP contribution is -2.19. The summed E-state index contributed by atoms with van der Waals surface area (Å²) in [4.78, 5) is 30.2. The van der Waals surface area contributed by atoms with Crippen LogP contribution in [0, 0.1) is 0 Å². The second-order valence-electron chi connectivity index (χ2n) is 6.20. The minimum absolute atomic E-state index is 0.139. The minimum Gasteiger partial charge on any atom is -0.327 e. The van der Waals surface area contributed by atoms with Gasteiger partial charge in [0.1, 0.15) is 5.82 Å². The van der Waals surface area contributed by atoms with Gasteiger partial charge in [0.15, 0.2) is 0 Å². The van der Waals surface area contributed by atoms with Gasteiger partial charge in [-0.3, -0.25) is 9.59 Å². The Bertz CT molecular complexity index is 956. The van der Waals surface area contributed by atoms with Crippen LogP contribution in [0.3, 0.4) is 0 Å². The highest BCUT2D eigenvalue weighted by atomic mass is 16.2. The zero-order valence-corrected chi connectivity index (χ0v) is 15.8. The van der Waals surface area contributed by atoms with E-state index in [-0.39, 0.29) is 11.8 Å². The molecule has 0 spiro atoms. The van der Waals surface area contributed by atoms with Gasteiger partial charge in [-0.2, -0.15) is 0 Å². The molecular weight excluding hydrogens is 352 g/mol. The highest BCUT2D eigenvalue weighted by Crippen LogP contribution is 2.24. The van der Waals surface area contributed by atoms with Crippen molar-refractivity contribution in [3.63, 3.8) is 0 Å². The van der Waals surface area contributed by atoms with Gasteiger partial charge in [0.2, 0.25) is 5.91 Å². The molecule has 2 N–H and O–H groups in total. The molecule has 0 aliphatic rings. The standard InChI is InChI=1S/C22H22N4O2/c1-3-26(20-7-5-4-6-8-20)21-15-17(13-14-23-21)22(28)25-19-11-9-18(10-12-19)24-16(2)27/h4-15H,3H2,1-2H3,(H,24,27)(H,25,28). The fourth-order valence-electron chi connectivity index (χ4n) is 2.84. The number of nitrogens with zero attached hydrogens (tertiary/aromatic N) is 2. The normalized spacial score (nSPS) is 10.2. The van der Waals surface area contributed by atoms with Crippen LogP contribution >= 0.6 is 0 Å². The maximum Gasteiger partial charge on any atom is 0.255 e. The van der Waals surface area contributed by atoms with Gasteiger partial charge in [-0.25, -0.2) is 4.98 Å². The zero-order chi connectivity index (χ0) is 19.9. The molecule has 0 unspecified atom stereocenters. The molecule has 0 bridgehead atoms. The summed E-state index contributed by atoms with van der Waals surface area (Å²) in [6, 6.07) is 20.3. The van der Waals surface area contributed by atoms with Gasteiger partial charge in [-0.1, -0.05) is 18.2 Å². The van der Waals surface area contributed by atoms with Gasteiger partial charge >= 0.3 is 0 Å². The number of pyridine rings is 1. The Balaban J connectivity index is 1.76. The zero-order valence-electron chi connectivity index (χ0n) is 15.8. The van der Waals surface area contributed by atoms with Gasteiger partial charge in [-0.15, -0.1) is 0 Å². The van der Waals surface area contributed by atoms with E-state index in [1.807, 2.05) is 42.2 Å². The summed E-state index contributed by atoms with van der Waals surface area (Å²) in [6.07, 6.45) is 1.63. The number of rotatable bonds is 6. The van der Waals surface area contributed by atoms with Crippen LogP contribution in [-0.2, 0) is 4.79 Å². The molecule has 142 valence electrons. The third-order valence-corrected chi connectivity index (χ3v) is 4.13. The molecule has 1 heterocycles. The smallest absolute Gasteiger partial charge is 0.255 e. The lowest BCUT2D eigenvalue weighted by atomic mass is 10.2. The Morgan fingerprint density at radius 2 is 1.57 bits per heavy atom. The Morgan fingerprint density at radius 3 is 2.18 bits per heavy atom. The van der Waals surface area contributed by atoms with E-state index in [1.165, 1.54) is 6.92 Å². The summed E-state index contributed by atoms with van der Waals surface area (Å²) in [7, 11) is 0. The number of nitrogens with one attached hydrogen (secondary N) is 2. The van der Waals surface area contributed by atoms with Crippen LogP contribution < -0.4 is 15.5 Å². The molecule has 2 amide bonds. The van der Waals surface area contributed by atoms with Crippen molar-refractivity contribution in [1.29, 1.82) is 0 Å². The summed E-state index contributed by atoms with van der Waals surface area (Å²) in [5.41, 5.74) is 2.86. The van der Waals surface area contributed by atoms with E-state index in [9.17, 15) is 9.59 Å². The van der Waals surface area contributed by atoms with Gasteiger partial charge in [0, 0.05) is 42.3 Å². The molecule has 0 aliphatic carbocycles. The first-order valence-corrected chi connectivity index (χ1v) is 9.04. The third kappa shape index (κ3) is 4.73. The maximum absolute atomic E-state index is 12.6. The summed E-state index contributed by atoms with van der Waals surface area (Å²) in [5.74, 6) is 0.349. The molecule has 1 aromatic heterocycles. The number of carbonyl (C=O) groups excluding carboxylic acids is 2. The van der Waals surface area contributed by atoms with Crippen LogP contribution in [0.25, 0.3) is 0 Å². The molecule has 0 saturated carbocycles. The van der Waals surface area contributed by atoms with Gasteiger partial charge in [0.25, 0.3) is 5.91 Å². The maximum atomic E-state index is 12.6. The van der Waals surface area contributed by atoms with Crippen molar-refractivity contribution in [3.05, 3.63) is 78.5 Å². The van der Waals surface area contributed by atoms with E-state index < -0.39 is 0 Å². The minimum atomic E-state index is -0.222. The number of carbonyl (C=O) groups is 2. The van der Waals surface area contributed by atoms with Crippen molar-refractivity contribution < 1.29 is 9.59 Å². The van der Waals surface area contributed by atoms with Crippen LogP contribution in [0.1, 0.15) is 24.2 Å². The number of hydrogen-bond donors (Lipinski definition) is 2. The van der Waals surface area contributed by atoms with E-state index in [1.54, 1.807) is 42.6 Å². The predicted octanol–water partition coefficient (Wildman–Crippen LogP) is 4.45. The Morgan fingerprint density at radius 1 is 0.929 bits per heavy atom. The van der Waals surface area contributed by atoms with Crippen molar-refractivity contribution in [1.82, 2.24) is 4.98 Å². The number of hydrogen-bond acceptors (Lipinski definition) is 4. The van der Waals surface area contributed by atoms with Gasteiger partial charge in [0.05, 0.1) is 0 Å². The molecule has 6 nitrogen and oxygen atoms in total. The molecule has 0 atom stereocenters. The lowest BCUT2D eigenvalue weighted by molar-refractivity contribution is -0.114. The number of benzene rings is 2. The summed E-state index contributed by atoms with van der Waals surface area (Å²) in [6.45, 7) is 4.22. The highest BCUT2D eigenvalue weighted by molar-refractivity contribution is 6.04. The van der Waals surface area contributed by atoms with Gasteiger partial charge in [-0.05, 0) is 55.5 Å². The molecule has 28 heavy (non-hydrogen) atoms. The Hall–Kier alpha value is -3.67. The van der Waals surface area contributed by atoms with E-state index >= 15 is 0 Å². The summed E-state index contributed by atoms with van der Waals surface area (Å²) >= 11 is 0. The molecule has 0 saturated heterocycles. The van der Waals surface area contributed by atoms with E-state index in [0.29, 0.717) is 22.8 Å². The van der Waals surface area contributed by atoms with Crippen molar-refractivity contribution >= 4 is 34.7 Å². The monoisotopic (exact) mass is 374 g/mol. The topological polar surface area (TPSA) is 74.3 Å². The molecule has 3 rings (SSSR count). The number of para-hydroxylation sites is 1. The van der Waals surface area contributed by atoms with E-state index in [2.05, 4.69) is 15.6 Å². The molecule has 3 aromatic rings. The fraction of sp³-hybridized carbons (Fsp3) is 0.136. The molecule has 0 aliphatic heterocycles. The van der Waals surface area contributed by atoms with Crippen molar-refractivity contribution in [2.45, 2.75) is 13.8 Å². The Kier molecular flexibility index (Phi) is 6.01. The summed E-state index contributed by atoms with van der Waals surface area (Å²) in [5, 5.41) is 5.56. The lowest BCUT2D eigenvalue weighted by Gasteiger charge is -2.22. The second kappa shape index (κ2) is 8.81. The number of anilines is 4. The second-order valence-corrected chi connectivity index (χ2v) is 6.20. The van der Waals surface area contributed by atoms with Crippen molar-refractivity contribution in [3.8, 4) is 0 Å². The average Bonchev–Trinajstić information content (AvgIpc) is 2.71. The van der Waals surface area contributed by atoms with Crippen molar-refractivity contribution in [2.24, 2.45) is 0 Å². The summed E-state index contributed by atoms with van der Waals surface area (Å²) < 4.78 is 0. The number of aromatic nitrogens is 1. The first kappa shape index (κ1) is 19.1. The van der Waals surface area contributed by atoms with Gasteiger partial charge < -0.3 is 15.5 Å². The molecular formula is C22H22N4O2. The molecule has 0 radical (unpaired) electrons. The fourth-order valence-corrected chi connectivity index (χ4v) is 2.84. The van der Waals surface area contributed by atoms with Crippen LogP contribution in [-0.4, -0.2) is 23.3 Å². The SMILES string of the molecule is CCN(c1ccccc1)c1cc(C(=O)Nc2ccc(NC(C)=O)cc2)ccn1. The highest BCUT2D eigenvalue weighted by Gasteiger charge is 2.12. The average molecular weight is 374 g/mol. The largest absolute Gasteiger partial charge is 0.327 e. The van der Waals surface area contributed by atoms with Crippen LogP contribution in [0.2, 0.25) is 0 Å².